The van der Waals surface area contributed by atoms with Crippen molar-refractivity contribution in [2.45, 2.75) is 31.9 Å². The standard InChI is InChI=1S/C19H19NO4/c1-13(2)20-17-8-4-3-7-16(17)19(23,18(20)22)12-14(21)9-10-15-6-5-11-24-15/h3-11,13,23H,12H2,1-2H3. The maximum absolute atomic E-state index is 12.8. The summed E-state index contributed by atoms with van der Waals surface area (Å²) in [7, 11) is 0. The van der Waals surface area contributed by atoms with Gasteiger partial charge in [-0.1, -0.05) is 18.2 Å². The van der Waals surface area contributed by atoms with Crippen molar-refractivity contribution in [2.24, 2.45) is 0 Å². The van der Waals surface area contributed by atoms with Gasteiger partial charge >= 0.3 is 0 Å². The summed E-state index contributed by atoms with van der Waals surface area (Å²) in [6.07, 6.45) is 4.06. The number of carbonyl (C=O) groups is 2. The minimum atomic E-state index is -1.83. The average molecular weight is 325 g/mol. The molecule has 124 valence electrons. The molecule has 0 spiro atoms. The highest BCUT2D eigenvalue weighted by Gasteiger charge is 2.51. The summed E-state index contributed by atoms with van der Waals surface area (Å²) < 4.78 is 5.13. The van der Waals surface area contributed by atoms with Crippen LogP contribution in [0.5, 0.6) is 0 Å². The van der Waals surface area contributed by atoms with Crippen LogP contribution in [-0.2, 0) is 15.2 Å². The van der Waals surface area contributed by atoms with Gasteiger partial charge in [-0.15, -0.1) is 0 Å². The van der Waals surface area contributed by atoms with Crippen LogP contribution in [0.4, 0.5) is 5.69 Å². The average Bonchev–Trinajstić information content (AvgIpc) is 3.12. The van der Waals surface area contributed by atoms with E-state index in [0.29, 0.717) is 17.0 Å². The number of nitrogens with zero attached hydrogens (tertiary/aromatic N) is 1. The van der Waals surface area contributed by atoms with Crippen LogP contribution in [0, 0.1) is 0 Å². The van der Waals surface area contributed by atoms with Crippen molar-refractivity contribution in [1.29, 1.82) is 0 Å². The molecule has 1 aliphatic rings. The second-order valence-electron chi connectivity index (χ2n) is 6.14. The summed E-state index contributed by atoms with van der Waals surface area (Å²) in [4.78, 5) is 26.6. The molecule has 0 bridgehead atoms. The number of benzene rings is 1. The molecule has 1 aliphatic heterocycles. The fourth-order valence-electron chi connectivity index (χ4n) is 3.01. The number of anilines is 1. The Morgan fingerprint density at radius 1 is 1.29 bits per heavy atom. The van der Waals surface area contributed by atoms with Crippen LogP contribution in [0.3, 0.4) is 0 Å². The van der Waals surface area contributed by atoms with Gasteiger partial charge in [0.1, 0.15) is 5.76 Å². The van der Waals surface area contributed by atoms with E-state index in [1.165, 1.54) is 18.4 Å². The normalized spacial score (nSPS) is 20.2. The zero-order valence-corrected chi connectivity index (χ0v) is 13.6. The zero-order valence-electron chi connectivity index (χ0n) is 13.6. The van der Waals surface area contributed by atoms with Crippen molar-refractivity contribution in [1.82, 2.24) is 0 Å². The van der Waals surface area contributed by atoms with E-state index in [9.17, 15) is 14.7 Å². The van der Waals surface area contributed by atoms with Crippen molar-refractivity contribution in [3.05, 3.63) is 60.1 Å². The molecule has 0 aliphatic carbocycles. The van der Waals surface area contributed by atoms with E-state index >= 15 is 0 Å². The molecule has 1 aromatic heterocycles. The number of amides is 1. The largest absolute Gasteiger partial charge is 0.465 e. The molecule has 2 heterocycles. The molecular weight excluding hydrogens is 306 g/mol. The summed E-state index contributed by atoms with van der Waals surface area (Å²) in [5.74, 6) is -0.265. The van der Waals surface area contributed by atoms with Crippen LogP contribution < -0.4 is 4.90 Å². The van der Waals surface area contributed by atoms with E-state index in [1.54, 1.807) is 35.2 Å². The Kier molecular flexibility index (Phi) is 4.11. The second-order valence-corrected chi connectivity index (χ2v) is 6.14. The first kappa shape index (κ1) is 16.2. The summed E-state index contributed by atoms with van der Waals surface area (Å²) in [6, 6.07) is 10.4. The molecule has 0 radical (unpaired) electrons. The number of aliphatic hydroxyl groups is 1. The number of furan rings is 1. The zero-order chi connectivity index (χ0) is 17.3. The van der Waals surface area contributed by atoms with Gasteiger partial charge < -0.3 is 14.4 Å². The Labute approximate surface area is 140 Å². The fraction of sp³-hybridized carbons (Fsp3) is 0.263. The number of hydrogen-bond donors (Lipinski definition) is 1. The molecule has 2 aromatic rings. The van der Waals surface area contributed by atoms with Gasteiger partial charge in [-0.2, -0.15) is 0 Å². The Morgan fingerprint density at radius 3 is 2.71 bits per heavy atom. The first-order valence-electron chi connectivity index (χ1n) is 7.83. The molecule has 0 saturated heterocycles. The Balaban J connectivity index is 1.89. The lowest BCUT2D eigenvalue weighted by Gasteiger charge is -2.25. The SMILES string of the molecule is CC(C)N1C(=O)C(O)(CC(=O)C=Cc2ccco2)c2ccccc21. The van der Waals surface area contributed by atoms with Gasteiger partial charge in [0.25, 0.3) is 5.91 Å². The molecule has 1 unspecified atom stereocenters. The molecule has 0 saturated carbocycles. The summed E-state index contributed by atoms with van der Waals surface area (Å²) in [6.45, 7) is 3.75. The van der Waals surface area contributed by atoms with Gasteiger partial charge in [0.2, 0.25) is 0 Å². The summed E-state index contributed by atoms with van der Waals surface area (Å²) in [5.41, 5.74) is -0.697. The number of ketones is 1. The van der Waals surface area contributed by atoms with Crippen LogP contribution in [0.15, 0.2) is 53.2 Å². The van der Waals surface area contributed by atoms with Gasteiger partial charge in [-0.3, -0.25) is 9.59 Å². The van der Waals surface area contributed by atoms with Crippen LogP contribution in [-0.4, -0.2) is 22.8 Å². The second kappa shape index (κ2) is 6.09. The fourth-order valence-corrected chi connectivity index (χ4v) is 3.01. The first-order valence-corrected chi connectivity index (χ1v) is 7.83. The molecule has 0 fully saturated rings. The van der Waals surface area contributed by atoms with Crippen molar-refractivity contribution in [3.63, 3.8) is 0 Å². The van der Waals surface area contributed by atoms with Crippen LogP contribution in [0.25, 0.3) is 6.08 Å². The third-order valence-corrected chi connectivity index (χ3v) is 4.10. The van der Waals surface area contributed by atoms with E-state index in [1.807, 2.05) is 19.9 Å². The molecule has 1 aromatic carbocycles. The molecule has 3 rings (SSSR count). The van der Waals surface area contributed by atoms with E-state index in [-0.39, 0.29) is 18.2 Å². The smallest absolute Gasteiger partial charge is 0.264 e. The Bertz CT molecular complexity index is 791. The maximum Gasteiger partial charge on any atom is 0.264 e. The molecule has 1 amide bonds. The molecule has 1 atom stereocenters. The van der Waals surface area contributed by atoms with E-state index < -0.39 is 11.5 Å². The highest BCUT2D eigenvalue weighted by molar-refractivity contribution is 6.10. The quantitative estimate of drug-likeness (QED) is 0.858. The number of allylic oxidation sites excluding steroid dienone is 1. The number of carbonyl (C=O) groups excluding carboxylic acids is 2. The van der Waals surface area contributed by atoms with E-state index in [4.69, 9.17) is 4.42 Å². The van der Waals surface area contributed by atoms with E-state index in [0.717, 1.165) is 0 Å². The molecule has 5 nitrogen and oxygen atoms in total. The Morgan fingerprint density at radius 2 is 2.04 bits per heavy atom. The third-order valence-electron chi connectivity index (χ3n) is 4.10. The van der Waals surface area contributed by atoms with E-state index in [2.05, 4.69) is 0 Å². The lowest BCUT2D eigenvalue weighted by atomic mass is 9.90. The lowest BCUT2D eigenvalue weighted by molar-refractivity contribution is -0.140. The number of fused-ring (bicyclic) bond motifs is 1. The molecule has 24 heavy (non-hydrogen) atoms. The highest BCUT2D eigenvalue weighted by Crippen LogP contribution is 2.43. The molecule has 5 heteroatoms. The lowest BCUT2D eigenvalue weighted by Crippen LogP contribution is -2.44. The summed E-state index contributed by atoms with van der Waals surface area (Å²) in [5, 5.41) is 11.0. The monoisotopic (exact) mass is 325 g/mol. The summed E-state index contributed by atoms with van der Waals surface area (Å²) >= 11 is 0. The van der Waals surface area contributed by atoms with Gasteiger partial charge in [0.15, 0.2) is 11.4 Å². The highest BCUT2D eigenvalue weighted by atomic mass is 16.3. The third kappa shape index (κ3) is 2.67. The minimum absolute atomic E-state index is 0.110. The number of para-hydroxylation sites is 1. The van der Waals surface area contributed by atoms with Crippen molar-refractivity contribution < 1.29 is 19.1 Å². The predicted octanol–water partition coefficient (Wildman–Crippen LogP) is 2.89. The van der Waals surface area contributed by atoms with Crippen molar-refractivity contribution in [2.75, 3.05) is 4.90 Å². The minimum Gasteiger partial charge on any atom is -0.465 e. The van der Waals surface area contributed by atoms with Crippen LogP contribution in [0.2, 0.25) is 0 Å². The number of rotatable bonds is 5. The molecule has 1 N–H and O–H groups in total. The predicted molar refractivity (Wildman–Crippen MR) is 90.3 cm³/mol. The topological polar surface area (TPSA) is 70.8 Å². The van der Waals surface area contributed by atoms with Gasteiger partial charge in [-0.05, 0) is 44.2 Å². The van der Waals surface area contributed by atoms with Crippen LogP contribution >= 0.6 is 0 Å². The maximum atomic E-state index is 12.8. The van der Waals surface area contributed by atoms with Gasteiger partial charge in [0, 0.05) is 11.6 Å². The van der Waals surface area contributed by atoms with Gasteiger partial charge in [0.05, 0.1) is 18.4 Å². The molecular formula is C19H19NO4. The number of hydrogen-bond acceptors (Lipinski definition) is 4. The Hall–Kier alpha value is -2.66. The van der Waals surface area contributed by atoms with Crippen LogP contribution in [0.1, 0.15) is 31.6 Å². The van der Waals surface area contributed by atoms with Crippen molar-refractivity contribution in [3.8, 4) is 0 Å². The van der Waals surface area contributed by atoms with Gasteiger partial charge in [-0.25, -0.2) is 0 Å². The van der Waals surface area contributed by atoms with Crippen molar-refractivity contribution >= 4 is 23.5 Å². The first-order chi connectivity index (χ1) is 11.4.